The highest BCUT2D eigenvalue weighted by Crippen LogP contribution is 2.26. The van der Waals surface area contributed by atoms with Crippen molar-refractivity contribution in [3.05, 3.63) is 120 Å². The first kappa shape index (κ1) is 81.0. The number of rotatable bonds is 26. The number of aliphatic hydroxyl groups excluding tert-OH is 2. The number of aromatic amines is 1. The molecule has 0 aliphatic carbocycles. The number of hydrogen-bond acceptors (Lipinski definition) is 21. The summed E-state index contributed by atoms with van der Waals surface area (Å²) in [6.07, 6.45) is -1.72. The maximum absolute atomic E-state index is 15.5. The van der Waals surface area contributed by atoms with Crippen molar-refractivity contribution in [2.75, 3.05) is 96.6 Å². The summed E-state index contributed by atoms with van der Waals surface area (Å²) in [4.78, 5) is 177. The zero-order valence-electron chi connectivity index (χ0n) is 57.2. The first-order chi connectivity index (χ1) is 49.2. The zero-order valence-corrected chi connectivity index (χ0v) is 58.8. The maximum Gasteiger partial charge on any atom is 0.328 e. The number of fused-ring (bicyclic) bond motifs is 2. The van der Waals surface area contributed by atoms with Crippen molar-refractivity contribution in [2.45, 2.75) is 113 Å². The van der Waals surface area contributed by atoms with Crippen molar-refractivity contribution in [3.63, 3.8) is 0 Å². The first-order valence-electron chi connectivity index (χ1n) is 33.8. The predicted octanol–water partition coefficient (Wildman–Crippen LogP) is -1.93. The predicted molar refractivity (Wildman–Crippen MR) is 383 cm³/mol. The summed E-state index contributed by atoms with van der Waals surface area (Å²) in [5, 5.41) is 84.3. The molecular formula is C69H92N14O18S2. The molecule has 4 aromatic carbocycles. The number of aliphatic hydroxyl groups is 2. The SMILES string of the molecule is C[C@@H](O)C1NC(=O)[C@H](CCCCN)NC(=O)[C@H](Cc2c[nH]c3ccccc23)NC(=O)C(Cc2cccc3ccccc23)NC(=O)[C@@H](NC(=O)[C@@H](Cc2ccccc2)NC(=O)CN2CCN(CC(=O)O)CCN(CC(=O)O)CCN(CC(=O)O)CC2)CSSCC(C(=O)N[C@H](C(=O)O)[C@@H](C)O)NC1=O. The molecule has 3 unspecified atom stereocenters. The largest absolute Gasteiger partial charge is 0.480 e. The number of para-hydroxylation sites is 1. The topological polar surface area (TPSA) is 477 Å². The highest BCUT2D eigenvalue weighted by atomic mass is 33.1. The van der Waals surface area contributed by atoms with Gasteiger partial charge in [-0.25, -0.2) is 4.79 Å². The summed E-state index contributed by atoms with van der Waals surface area (Å²) < 4.78 is 0. The minimum Gasteiger partial charge on any atom is -0.480 e. The molecule has 103 heavy (non-hydrogen) atoms. The van der Waals surface area contributed by atoms with E-state index in [0.717, 1.165) is 33.9 Å². The van der Waals surface area contributed by atoms with Crippen LogP contribution in [0.5, 0.6) is 0 Å². The van der Waals surface area contributed by atoms with Gasteiger partial charge in [-0.2, -0.15) is 0 Å². The highest BCUT2D eigenvalue weighted by molar-refractivity contribution is 8.76. The second kappa shape index (κ2) is 40.5. The number of carboxylic acids is 4. The van der Waals surface area contributed by atoms with Crippen molar-refractivity contribution in [3.8, 4) is 0 Å². The van der Waals surface area contributed by atoms with Crippen LogP contribution in [-0.2, 0) is 76.8 Å². The van der Waals surface area contributed by atoms with Gasteiger partial charge in [0.15, 0.2) is 6.04 Å². The van der Waals surface area contributed by atoms with Crippen LogP contribution in [0.1, 0.15) is 49.8 Å². The van der Waals surface area contributed by atoms with E-state index < -0.39 is 163 Å². The lowest BCUT2D eigenvalue weighted by molar-refractivity contribution is -0.145. The Morgan fingerprint density at radius 2 is 1.07 bits per heavy atom. The number of nitrogens with zero attached hydrogens (tertiary/aromatic N) is 4. The molecule has 5 aromatic rings. The Labute approximate surface area is 602 Å². The number of nitrogens with one attached hydrogen (secondary N) is 9. The number of unbranched alkanes of at least 4 members (excludes halogenated alkanes) is 1. The molecular weight excluding hydrogens is 1380 g/mol. The number of aliphatic carboxylic acids is 4. The number of amides is 8. The van der Waals surface area contributed by atoms with Crippen LogP contribution >= 0.6 is 21.6 Å². The van der Waals surface area contributed by atoms with E-state index in [9.17, 15) is 69.0 Å². The second-order valence-electron chi connectivity index (χ2n) is 25.5. The van der Waals surface area contributed by atoms with Crippen LogP contribution < -0.4 is 48.3 Å². The van der Waals surface area contributed by atoms with E-state index in [4.69, 9.17) is 5.73 Å². The summed E-state index contributed by atoms with van der Waals surface area (Å²) in [5.74, 6) is -13.6. The quantitative estimate of drug-likeness (QED) is 0.0212. The van der Waals surface area contributed by atoms with Crippen LogP contribution in [0.2, 0.25) is 0 Å². The molecule has 0 saturated carbocycles. The van der Waals surface area contributed by atoms with Crippen molar-refractivity contribution in [1.82, 2.24) is 67.1 Å². The molecule has 0 spiro atoms. The molecule has 3 heterocycles. The number of H-pyrrole nitrogens is 1. The Hall–Kier alpha value is -9.26. The van der Waals surface area contributed by atoms with Crippen molar-refractivity contribution in [1.29, 1.82) is 0 Å². The molecule has 7 rings (SSSR count). The fourth-order valence-corrected chi connectivity index (χ4v) is 14.3. The zero-order chi connectivity index (χ0) is 74.7. The minimum atomic E-state index is -1.90. The molecule has 32 nitrogen and oxygen atoms in total. The minimum absolute atomic E-state index is 0.0511. The molecule has 2 aliphatic heterocycles. The first-order valence-corrected chi connectivity index (χ1v) is 36.3. The highest BCUT2D eigenvalue weighted by Gasteiger charge is 2.38. The molecule has 17 N–H and O–H groups in total. The van der Waals surface area contributed by atoms with Gasteiger partial charge in [0.1, 0.15) is 42.3 Å². The van der Waals surface area contributed by atoms with Crippen LogP contribution in [-0.4, -0.2) is 283 Å². The van der Waals surface area contributed by atoms with Crippen molar-refractivity contribution < 1.29 is 88.2 Å². The Balaban J connectivity index is 1.29. The van der Waals surface area contributed by atoms with Crippen LogP contribution in [0.25, 0.3) is 21.7 Å². The molecule has 8 amide bonds. The Morgan fingerprint density at radius 3 is 1.64 bits per heavy atom. The van der Waals surface area contributed by atoms with Gasteiger partial charge in [0.2, 0.25) is 47.3 Å². The molecule has 2 aliphatic rings. The van der Waals surface area contributed by atoms with Gasteiger partial charge < -0.3 is 83.9 Å². The van der Waals surface area contributed by atoms with Gasteiger partial charge in [0, 0.05) is 100 Å². The molecule has 34 heteroatoms. The lowest BCUT2D eigenvalue weighted by Crippen LogP contribution is -2.62. The molecule has 0 radical (unpaired) electrons. The summed E-state index contributed by atoms with van der Waals surface area (Å²) in [6.45, 7) is 1.50. The average molecular weight is 1470 g/mol. The lowest BCUT2D eigenvalue weighted by atomic mass is 9.97. The lowest BCUT2D eigenvalue weighted by Gasteiger charge is -2.33. The van der Waals surface area contributed by atoms with Gasteiger partial charge in [0.25, 0.3) is 0 Å². The third-order valence-electron chi connectivity index (χ3n) is 17.5. The number of carboxylic acid groups (broad SMARTS) is 4. The molecule has 558 valence electrons. The van der Waals surface area contributed by atoms with E-state index in [1.165, 1.54) is 6.92 Å². The van der Waals surface area contributed by atoms with E-state index in [1.807, 2.05) is 24.3 Å². The van der Waals surface area contributed by atoms with Gasteiger partial charge >= 0.3 is 23.9 Å². The number of nitrogens with two attached hydrogens (primary N) is 1. The van der Waals surface area contributed by atoms with E-state index in [1.54, 1.807) is 98.6 Å². The molecule has 1 aromatic heterocycles. The fourth-order valence-electron chi connectivity index (χ4n) is 11.9. The van der Waals surface area contributed by atoms with E-state index >= 15 is 19.2 Å². The third kappa shape index (κ3) is 25.9. The van der Waals surface area contributed by atoms with Crippen molar-refractivity contribution in [2.24, 2.45) is 5.73 Å². The van der Waals surface area contributed by atoms with Gasteiger partial charge in [0.05, 0.1) is 38.4 Å². The van der Waals surface area contributed by atoms with Crippen LogP contribution in [0.15, 0.2) is 103 Å². The Morgan fingerprint density at radius 1 is 0.553 bits per heavy atom. The van der Waals surface area contributed by atoms with Gasteiger partial charge in [-0.1, -0.05) is 113 Å². The third-order valence-corrected chi connectivity index (χ3v) is 19.9. The summed E-state index contributed by atoms with van der Waals surface area (Å²) >= 11 is 0. The van der Waals surface area contributed by atoms with E-state index in [-0.39, 0.29) is 97.6 Å². The fraction of sp³-hybridized carbons (Fsp3) is 0.478. The normalized spacial score (nSPS) is 21.6. The number of benzene rings is 4. The van der Waals surface area contributed by atoms with E-state index in [2.05, 4.69) is 47.5 Å². The Bertz CT molecular complexity index is 3720. The molecule has 2 fully saturated rings. The number of aromatic nitrogens is 1. The van der Waals surface area contributed by atoms with Crippen LogP contribution in [0.3, 0.4) is 0 Å². The number of hydrogen-bond donors (Lipinski definition) is 16. The monoisotopic (exact) mass is 1470 g/mol. The molecule has 0 bridgehead atoms. The average Bonchev–Trinajstić information content (AvgIpc) is 1.81. The van der Waals surface area contributed by atoms with Crippen molar-refractivity contribution >= 4 is 114 Å². The summed E-state index contributed by atoms with van der Waals surface area (Å²) in [6, 6.07) is 15.2. The maximum atomic E-state index is 15.5. The standard InChI is InChI=1S/C69H92N14O18S2/c1-41(84)60-68(99)77-55(67(98)79-61(42(2)85)69(100)101)40-103-102-39-54(76-63(94)51(31-43-13-4-3-5-14-43)72-56(86)35-80-23-25-81(36-57(87)88)27-29-83(38-59(91)92)30-28-82(26-24-80)37-58(89)90)66(97)75-52(32-45-17-12-16-44-15-6-7-18-47(44)45)65(96)74-53(33-46-34-71-49-20-9-8-19-48(46)49)64(95)73-50(62(93)78-60)21-10-11-22-70/h3-9,12-20,34,41-42,50-55,60-61,71,84-85H,10-11,21-33,35-40,70H2,1-2H3,(H,72,86)(H,73,95)(H,74,96)(H,75,97)(H,76,94)(H,77,99)(H,78,93)(H,79,98)(H,87,88)(H,89,90)(H,91,92)(H,100,101)/t41-,42-,50+,51-,52?,53+,54+,55?,60?,61+/m1/s1. The Kier molecular flexibility index (Phi) is 31.9. The van der Waals surface area contributed by atoms with Gasteiger partial charge in [-0.05, 0) is 73.2 Å². The van der Waals surface area contributed by atoms with Crippen LogP contribution in [0.4, 0.5) is 0 Å². The molecule has 10 atom stereocenters. The number of carbonyl (C=O) groups is 12. The van der Waals surface area contributed by atoms with Crippen LogP contribution in [0, 0.1) is 0 Å². The summed E-state index contributed by atoms with van der Waals surface area (Å²) in [7, 11) is 1.71. The summed E-state index contributed by atoms with van der Waals surface area (Å²) in [5.41, 5.74) is 8.23. The number of carbonyl (C=O) groups excluding carboxylic acids is 8. The van der Waals surface area contributed by atoms with Gasteiger partial charge in [-0.15, -0.1) is 0 Å². The smallest absolute Gasteiger partial charge is 0.328 e. The van der Waals surface area contributed by atoms with Gasteiger partial charge in [-0.3, -0.25) is 72.3 Å². The second-order valence-corrected chi connectivity index (χ2v) is 28.0. The van der Waals surface area contributed by atoms with E-state index in [0.29, 0.717) is 39.4 Å². The molecule has 2 saturated heterocycles.